The number of fused-ring (bicyclic) bond motifs is 1. The molecule has 1 unspecified atom stereocenters. The third kappa shape index (κ3) is 1.55. The summed E-state index contributed by atoms with van der Waals surface area (Å²) in [5.41, 5.74) is 2.44. The second-order valence-corrected chi connectivity index (χ2v) is 5.77. The number of Topliss-reactive ketones (excluding diaryl/α,β-unsaturated/α-hetero) is 1. The second-order valence-electron chi connectivity index (χ2n) is 3.94. The Morgan fingerprint density at radius 1 is 1.19 bits per heavy atom. The molecule has 0 N–H and O–H groups in total. The molecule has 3 rings (SSSR count). The lowest BCUT2D eigenvalue weighted by molar-refractivity contribution is 0.0994. The SMILES string of the molecule is O=C1CC(c2ccc(Br)cc2)c2ccsc21. The Bertz CT molecular complexity index is 541. The van der Waals surface area contributed by atoms with Crippen LogP contribution >= 0.6 is 27.3 Å². The van der Waals surface area contributed by atoms with Crippen molar-refractivity contribution in [3.05, 3.63) is 56.2 Å². The van der Waals surface area contributed by atoms with E-state index >= 15 is 0 Å². The van der Waals surface area contributed by atoms with E-state index in [0.717, 1.165) is 9.35 Å². The monoisotopic (exact) mass is 292 g/mol. The highest BCUT2D eigenvalue weighted by Gasteiger charge is 2.31. The minimum atomic E-state index is 0.266. The van der Waals surface area contributed by atoms with Crippen LogP contribution in [0.4, 0.5) is 0 Å². The van der Waals surface area contributed by atoms with Gasteiger partial charge >= 0.3 is 0 Å². The van der Waals surface area contributed by atoms with Crippen molar-refractivity contribution in [1.29, 1.82) is 0 Å². The number of halogens is 1. The van der Waals surface area contributed by atoms with E-state index in [9.17, 15) is 4.79 Å². The van der Waals surface area contributed by atoms with Gasteiger partial charge in [0, 0.05) is 16.8 Å². The molecule has 80 valence electrons. The molecule has 0 radical (unpaired) electrons. The smallest absolute Gasteiger partial charge is 0.174 e. The zero-order valence-corrected chi connectivity index (χ0v) is 10.8. The average molecular weight is 293 g/mol. The highest BCUT2D eigenvalue weighted by Crippen LogP contribution is 2.40. The third-order valence-electron chi connectivity index (χ3n) is 2.99. The zero-order valence-electron chi connectivity index (χ0n) is 8.44. The number of rotatable bonds is 1. The summed E-state index contributed by atoms with van der Waals surface area (Å²) in [7, 11) is 0. The van der Waals surface area contributed by atoms with Crippen LogP contribution in [0.3, 0.4) is 0 Å². The zero-order chi connectivity index (χ0) is 11.1. The van der Waals surface area contributed by atoms with Crippen LogP contribution < -0.4 is 0 Å². The Kier molecular flexibility index (Phi) is 2.45. The summed E-state index contributed by atoms with van der Waals surface area (Å²) in [6.07, 6.45) is 0.629. The quantitative estimate of drug-likeness (QED) is 0.769. The van der Waals surface area contributed by atoms with Crippen molar-refractivity contribution in [2.45, 2.75) is 12.3 Å². The maximum Gasteiger partial charge on any atom is 0.174 e. The summed E-state index contributed by atoms with van der Waals surface area (Å²) in [5.74, 6) is 0.555. The molecule has 1 aliphatic carbocycles. The molecule has 0 amide bonds. The molecule has 1 nitrogen and oxygen atoms in total. The van der Waals surface area contributed by atoms with E-state index < -0.39 is 0 Å². The Labute approximate surface area is 106 Å². The Morgan fingerprint density at radius 2 is 1.94 bits per heavy atom. The first kappa shape index (κ1) is 10.2. The number of ketones is 1. The first-order valence-electron chi connectivity index (χ1n) is 5.12. The van der Waals surface area contributed by atoms with Gasteiger partial charge in [0.2, 0.25) is 0 Å². The van der Waals surface area contributed by atoms with Gasteiger partial charge in [0.15, 0.2) is 5.78 Å². The van der Waals surface area contributed by atoms with Gasteiger partial charge in [0.1, 0.15) is 0 Å². The molecule has 0 spiro atoms. The van der Waals surface area contributed by atoms with E-state index in [2.05, 4.69) is 34.1 Å². The molecule has 1 aliphatic rings. The summed E-state index contributed by atoms with van der Waals surface area (Å²) in [4.78, 5) is 12.7. The Hall–Kier alpha value is -0.930. The number of carbonyl (C=O) groups excluding carboxylic acids is 1. The van der Waals surface area contributed by atoms with Crippen LogP contribution in [0.5, 0.6) is 0 Å². The average Bonchev–Trinajstić information content (AvgIpc) is 2.84. The molecular formula is C13H9BrOS. The summed E-state index contributed by atoms with van der Waals surface area (Å²) < 4.78 is 1.08. The molecule has 16 heavy (non-hydrogen) atoms. The number of benzene rings is 1. The molecule has 1 heterocycles. The Morgan fingerprint density at radius 3 is 2.69 bits per heavy atom. The molecule has 0 fully saturated rings. The van der Waals surface area contributed by atoms with Crippen LogP contribution in [-0.4, -0.2) is 5.78 Å². The summed E-state index contributed by atoms with van der Waals surface area (Å²) in [6, 6.07) is 10.3. The first-order chi connectivity index (χ1) is 7.75. The maximum atomic E-state index is 11.8. The minimum absolute atomic E-state index is 0.266. The molecule has 0 aliphatic heterocycles. The highest BCUT2D eigenvalue weighted by molar-refractivity contribution is 9.10. The number of carbonyl (C=O) groups is 1. The van der Waals surface area contributed by atoms with E-state index in [1.165, 1.54) is 11.1 Å². The molecule has 1 atom stereocenters. The van der Waals surface area contributed by atoms with E-state index in [1.54, 1.807) is 11.3 Å². The molecule has 1 aromatic carbocycles. The van der Waals surface area contributed by atoms with Gasteiger partial charge in [-0.05, 0) is 34.7 Å². The lowest BCUT2D eigenvalue weighted by Gasteiger charge is -2.09. The third-order valence-corrected chi connectivity index (χ3v) is 4.49. The van der Waals surface area contributed by atoms with Crippen molar-refractivity contribution in [3.8, 4) is 0 Å². The van der Waals surface area contributed by atoms with E-state index in [0.29, 0.717) is 6.42 Å². The molecule has 0 bridgehead atoms. The first-order valence-corrected chi connectivity index (χ1v) is 6.79. The fraction of sp³-hybridized carbons (Fsp3) is 0.154. The van der Waals surface area contributed by atoms with Crippen molar-refractivity contribution < 1.29 is 4.79 Å². The molecule has 1 aromatic heterocycles. The largest absolute Gasteiger partial charge is 0.293 e. The van der Waals surface area contributed by atoms with Gasteiger partial charge < -0.3 is 0 Å². The van der Waals surface area contributed by atoms with Crippen molar-refractivity contribution in [1.82, 2.24) is 0 Å². The predicted octanol–water partition coefficient (Wildman–Crippen LogP) is 4.23. The van der Waals surface area contributed by atoms with E-state index in [4.69, 9.17) is 0 Å². The van der Waals surface area contributed by atoms with E-state index in [-0.39, 0.29) is 11.7 Å². The van der Waals surface area contributed by atoms with E-state index in [1.807, 2.05) is 17.5 Å². The van der Waals surface area contributed by atoms with Gasteiger partial charge in [-0.25, -0.2) is 0 Å². The predicted molar refractivity (Wildman–Crippen MR) is 69.3 cm³/mol. The summed E-state index contributed by atoms with van der Waals surface area (Å²) in [6.45, 7) is 0. The molecule has 2 aromatic rings. The van der Waals surface area contributed by atoms with Crippen molar-refractivity contribution in [2.75, 3.05) is 0 Å². The van der Waals surface area contributed by atoms with Gasteiger partial charge in [0.05, 0.1) is 4.88 Å². The fourth-order valence-electron chi connectivity index (χ4n) is 2.20. The second kappa shape index (κ2) is 3.82. The van der Waals surface area contributed by atoms with Crippen LogP contribution in [0, 0.1) is 0 Å². The lowest BCUT2D eigenvalue weighted by atomic mass is 9.94. The van der Waals surface area contributed by atoms with Crippen LogP contribution in [0.15, 0.2) is 40.2 Å². The molecule has 3 heteroatoms. The molecule has 0 saturated carbocycles. The molecular weight excluding hydrogens is 284 g/mol. The standard InChI is InChI=1S/C13H9BrOS/c14-9-3-1-8(2-4-9)11-7-12(15)13-10(11)5-6-16-13/h1-6,11H,7H2. The van der Waals surface area contributed by atoms with Crippen molar-refractivity contribution in [3.63, 3.8) is 0 Å². The maximum absolute atomic E-state index is 11.8. The lowest BCUT2D eigenvalue weighted by Crippen LogP contribution is -1.96. The minimum Gasteiger partial charge on any atom is -0.293 e. The van der Waals surface area contributed by atoms with Crippen molar-refractivity contribution >= 4 is 33.0 Å². The van der Waals surface area contributed by atoms with Gasteiger partial charge in [-0.3, -0.25) is 4.79 Å². The highest BCUT2D eigenvalue weighted by atomic mass is 79.9. The normalized spacial score (nSPS) is 18.8. The number of thiophene rings is 1. The van der Waals surface area contributed by atoms with Gasteiger partial charge in [-0.1, -0.05) is 28.1 Å². The van der Waals surface area contributed by atoms with Gasteiger partial charge in [-0.15, -0.1) is 11.3 Å². The van der Waals surface area contributed by atoms with Crippen LogP contribution in [0.25, 0.3) is 0 Å². The van der Waals surface area contributed by atoms with Gasteiger partial charge in [-0.2, -0.15) is 0 Å². The van der Waals surface area contributed by atoms with Crippen LogP contribution in [0.2, 0.25) is 0 Å². The van der Waals surface area contributed by atoms with Crippen LogP contribution in [-0.2, 0) is 0 Å². The Balaban J connectivity index is 2.05. The summed E-state index contributed by atoms with van der Waals surface area (Å²) >= 11 is 4.99. The van der Waals surface area contributed by atoms with Crippen LogP contribution in [0.1, 0.15) is 33.1 Å². The summed E-state index contributed by atoms with van der Waals surface area (Å²) in [5, 5.41) is 2.01. The molecule has 0 saturated heterocycles. The number of hydrogen-bond donors (Lipinski definition) is 0. The fourth-order valence-corrected chi connectivity index (χ4v) is 3.38. The topological polar surface area (TPSA) is 17.1 Å². The van der Waals surface area contributed by atoms with Crippen molar-refractivity contribution in [2.24, 2.45) is 0 Å². The van der Waals surface area contributed by atoms with Gasteiger partial charge in [0.25, 0.3) is 0 Å². The number of hydrogen-bond acceptors (Lipinski definition) is 2.